The highest BCUT2D eigenvalue weighted by Gasteiger charge is 2.36. The van der Waals surface area contributed by atoms with Crippen LogP contribution in [0.2, 0.25) is 0 Å². The first-order valence-corrected chi connectivity index (χ1v) is 10.4. The molecule has 1 aliphatic rings. The second kappa shape index (κ2) is 7.75. The van der Waals surface area contributed by atoms with Crippen LogP contribution in [0.25, 0.3) is 0 Å². The molecule has 156 valence electrons. The molecule has 29 heavy (non-hydrogen) atoms. The minimum Gasteiger partial charge on any atom is -0.332 e. The maximum Gasteiger partial charge on any atom is 0.416 e. The molecular weight excluding hydrogens is 407 g/mol. The van der Waals surface area contributed by atoms with Crippen LogP contribution in [0.4, 0.5) is 13.2 Å². The van der Waals surface area contributed by atoms with E-state index in [1.807, 2.05) is 0 Å². The topological polar surface area (TPSA) is 70.6 Å². The molecule has 1 fully saturated rings. The second-order valence-electron chi connectivity index (χ2n) is 6.90. The van der Waals surface area contributed by atoms with E-state index in [-0.39, 0.29) is 30.4 Å². The van der Waals surface area contributed by atoms with E-state index in [1.54, 1.807) is 30.9 Å². The smallest absolute Gasteiger partial charge is 0.332 e. The summed E-state index contributed by atoms with van der Waals surface area (Å²) >= 11 is 0. The molecule has 1 aromatic heterocycles. The van der Waals surface area contributed by atoms with Gasteiger partial charge in [-0.25, -0.2) is 8.42 Å². The molecule has 10 heteroatoms. The van der Waals surface area contributed by atoms with Crippen molar-refractivity contribution in [1.82, 2.24) is 14.2 Å². The van der Waals surface area contributed by atoms with Gasteiger partial charge in [0.2, 0.25) is 10.0 Å². The average molecular weight is 427 g/mol. The van der Waals surface area contributed by atoms with E-state index < -0.39 is 27.8 Å². The van der Waals surface area contributed by atoms with Gasteiger partial charge in [-0.05, 0) is 49.7 Å². The summed E-state index contributed by atoms with van der Waals surface area (Å²) in [5, 5.41) is 0. The number of amides is 1. The molecule has 1 unspecified atom stereocenters. The Morgan fingerprint density at radius 3 is 2.34 bits per heavy atom. The van der Waals surface area contributed by atoms with Crippen LogP contribution in [0.15, 0.2) is 47.5 Å². The molecule has 2 heterocycles. The number of hydrogen-bond acceptors (Lipinski definition) is 4. The number of benzene rings is 1. The Hall–Kier alpha value is -2.46. The Morgan fingerprint density at radius 1 is 1.14 bits per heavy atom. The quantitative estimate of drug-likeness (QED) is 0.755. The van der Waals surface area contributed by atoms with Crippen molar-refractivity contribution in [2.45, 2.75) is 31.0 Å². The van der Waals surface area contributed by atoms with Crippen LogP contribution in [-0.4, -0.2) is 54.2 Å². The van der Waals surface area contributed by atoms with Crippen molar-refractivity contribution in [3.63, 3.8) is 0 Å². The summed E-state index contributed by atoms with van der Waals surface area (Å²) in [6.07, 6.45) is -3.01. The Balaban J connectivity index is 1.76. The minimum absolute atomic E-state index is 0.0426. The van der Waals surface area contributed by atoms with E-state index in [0.29, 0.717) is 5.69 Å². The lowest BCUT2D eigenvalue weighted by Gasteiger charge is -2.39. The van der Waals surface area contributed by atoms with Crippen LogP contribution >= 0.6 is 0 Å². The molecule has 0 bridgehead atoms. The van der Waals surface area contributed by atoms with E-state index in [0.717, 1.165) is 29.8 Å². The third kappa shape index (κ3) is 4.27. The van der Waals surface area contributed by atoms with Gasteiger partial charge >= 0.3 is 6.18 Å². The number of sulfonamides is 1. The number of carbonyl (C=O) groups is 1. The standard InChI is InChI=1S/C19H20F3N3O3S/c1-13-4-3-9-23-17(13)18(26)25-11-10-24(12-14(25)2)29(27,28)16-7-5-15(6-8-16)19(20,21)22/h3-9,14H,10-12H2,1-2H3. The fourth-order valence-electron chi connectivity index (χ4n) is 3.25. The van der Waals surface area contributed by atoms with Crippen molar-refractivity contribution in [2.24, 2.45) is 0 Å². The zero-order valence-corrected chi connectivity index (χ0v) is 16.7. The zero-order valence-electron chi connectivity index (χ0n) is 15.8. The lowest BCUT2D eigenvalue weighted by Crippen LogP contribution is -2.55. The predicted molar refractivity (Wildman–Crippen MR) is 99.7 cm³/mol. The van der Waals surface area contributed by atoms with Gasteiger partial charge in [-0.15, -0.1) is 0 Å². The molecule has 2 aromatic rings. The number of piperazine rings is 1. The van der Waals surface area contributed by atoms with Crippen molar-refractivity contribution in [3.05, 3.63) is 59.4 Å². The lowest BCUT2D eigenvalue weighted by atomic mass is 10.1. The van der Waals surface area contributed by atoms with Crippen molar-refractivity contribution < 1.29 is 26.4 Å². The van der Waals surface area contributed by atoms with Gasteiger partial charge in [-0.2, -0.15) is 17.5 Å². The van der Waals surface area contributed by atoms with E-state index in [1.165, 1.54) is 10.5 Å². The molecule has 1 saturated heterocycles. The van der Waals surface area contributed by atoms with Crippen LogP contribution < -0.4 is 0 Å². The molecule has 6 nitrogen and oxygen atoms in total. The maximum atomic E-state index is 12.8. The number of carbonyl (C=O) groups excluding carboxylic acids is 1. The number of alkyl halides is 3. The van der Waals surface area contributed by atoms with E-state index >= 15 is 0 Å². The zero-order chi connectivity index (χ0) is 21.4. The second-order valence-corrected chi connectivity index (χ2v) is 8.84. The minimum atomic E-state index is -4.54. The summed E-state index contributed by atoms with van der Waals surface area (Å²) in [7, 11) is -3.97. The molecule has 0 spiro atoms. The normalized spacial score (nSPS) is 18.7. The summed E-state index contributed by atoms with van der Waals surface area (Å²) in [6.45, 7) is 3.75. The van der Waals surface area contributed by atoms with Gasteiger partial charge in [0, 0.05) is 31.9 Å². The van der Waals surface area contributed by atoms with E-state index in [9.17, 15) is 26.4 Å². The maximum absolute atomic E-state index is 12.8. The lowest BCUT2D eigenvalue weighted by molar-refractivity contribution is -0.137. The fraction of sp³-hybridized carbons (Fsp3) is 0.368. The number of pyridine rings is 1. The first kappa shape index (κ1) is 21.3. The summed E-state index contributed by atoms with van der Waals surface area (Å²) in [4.78, 5) is 18.2. The number of hydrogen-bond donors (Lipinski definition) is 0. The van der Waals surface area contributed by atoms with Crippen LogP contribution in [0.3, 0.4) is 0 Å². The summed E-state index contributed by atoms with van der Waals surface area (Å²) in [6, 6.07) is 6.50. The van der Waals surface area contributed by atoms with Crippen molar-refractivity contribution in [1.29, 1.82) is 0 Å². The third-order valence-electron chi connectivity index (χ3n) is 4.88. The van der Waals surface area contributed by atoms with Gasteiger partial charge in [0.1, 0.15) is 5.69 Å². The van der Waals surface area contributed by atoms with Crippen LogP contribution in [0, 0.1) is 6.92 Å². The largest absolute Gasteiger partial charge is 0.416 e. The van der Waals surface area contributed by atoms with Crippen LogP contribution in [0.5, 0.6) is 0 Å². The number of aromatic nitrogens is 1. The summed E-state index contributed by atoms with van der Waals surface area (Å²) in [5.41, 5.74) is 0.133. The first-order chi connectivity index (χ1) is 13.5. The first-order valence-electron chi connectivity index (χ1n) is 8.92. The van der Waals surface area contributed by atoms with Crippen molar-refractivity contribution >= 4 is 15.9 Å². The van der Waals surface area contributed by atoms with Crippen molar-refractivity contribution in [2.75, 3.05) is 19.6 Å². The van der Waals surface area contributed by atoms with Gasteiger partial charge < -0.3 is 4.90 Å². The highest BCUT2D eigenvalue weighted by molar-refractivity contribution is 7.89. The van der Waals surface area contributed by atoms with E-state index in [4.69, 9.17) is 0 Å². The van der Waals surface area contributed by atoms with E-state index in [2.05, 4.69) is 4.98 Å². The monoisotopic (exact) mass is 427 g/mol. The van der Waals surface area contributed by atoms with Crippen LogP contribution in [0.1, 0.15) is 28.5 Å². The highest BCUT2D eigenvalue weighted by Crippen LogP contribution is 2.30. The molecule has 1 aliphatic heterocycles. The molecule has 0 saturated carbocycles. The molecule has 1 amide bonds. The Labute approximate surface area is 167 Å². The van der Waals surface area contributed by atoms with Gasteiger partial charge in [-0.1, -0.05) is 6.07 Å². The Morgan fingerprint density at radius 2 is 1.79 bits per heavy atom. The molecule has 0 aliphatic carbocycles. The SMILES string of the molecule is Cc1cccnc1C(=O)N1CCN(S(=O)(=O)c2ccc(C(F)(F)F)cc2)CC1C. The highest BCUT2D eigenvalue weighted by atomic mass is 32.2. The number of halogens is 3. The summed E-state index contributed by atoms with van der Waals surface area (Å²) < 4.78 is 65.0. The third-order valence-corrected chi connectivity index (χ3v) is 6.76. The molecule has 1 aromatic carbocycles. The fourth-order valence-corrected chi connectivity index (χ4v) is 4.77. The van der Waals surface area contributed by atoms with Gasteiger partial charge in [-0.3, -0.25) is 9.78 Å². The average Bonchev–Trinajstić information content (AvgIpc) is 2.67. The molecule has 0 N–H and O–H groups in total. The van der Waals surface area contributed by atoms with Gasteiger partial charge in [0.25, 0.3) is 5.91 Å². The molecule has 3 rings (SSSR count). The summed E-state index contributed by atoms with van der Waals surface area (Å²) in [5.74, 6) is -0.276. The van der Waals surface area contributed by atoms with Gasteiger partial charge in [0.15, 0.2) is 0 Å². The molecular formula is C19H20F3N3O3S. The predicted octanol–water partition coefficient (Wildman–Crippen LogP) is 2.94. The van der Waals surface area contributed by atoms with Gasteiger partial charge in [0.05, 0.1) is 10.5 Å². The number of nitrogens with zero attached hydrogens (tertiary/aromatic N) is 3. The molecule has 1 atom stereocenters. The van der Waals surface area contributed by atoms with Crippen molar-refractivity contribution in [3.8, 4) is 0 Å². The number of aryl methyl sites for hydroxylation is 1. The Bertz CT molecular complexity index is 1010. The molecule has 0 radical (unpaired) electrons. The Kier molecular flexibility index (Phi) is 5.68. The van der Waals surface area contributed by atoms with Crippen LogP contribution in [-0.2, 0) is 16.2 Å². The number of rotatable bonds is 3.